The van der Waals surface area contributed by atoms with Crippen LogP contribution in [0.2, 0.25) is 0 Å². The minimum absolute atomic E-state index is 0.0477. The van der Waals surface area contributed by atoms with Crippen LogP contribution in [0.25, 0.3) is 0 Å². The van der Waals surface area contributed by atoms with Gasteiger partial charge in [0.05, 0.1) is 39.9 Å². The molecule has 0 bridgehead atoms. The van der Waals surface area contributed by atoms with Crippen molar-refractivity contribution in [3.05, 3.63) is 60.8 Å². The zero-order valence-electron chi connectivity index (χ0n) is 30.5. The molecule has 1 amide bonds. The molecular formula is C38H70N2O6P+. The van der Waals surface area contributed by atoms with Crippen LogP contribution in [0.1, 0.15) is 123 Å². The van der Waals surface area contributed by atoms with Gasteiger partial charge in [-0.1, -0.05) is 113 Å². The predicted molar refractivity (Wildman–Crippen MR) is 198 cm³/mol. The van der Waals surface area contributed by atoms with E-state index in [-0.39, 0.29) is 19.1 Å². The number of phosphoric ester groups is 1. The average Bonchev–Trinajstić information content (AvgIpc) is 3.01. The monoisotopic (exact) mass is 681 g/mol. The second-order valence-electron chi connectivity index (χ2n) is 13.2. The number of nitrogens with one attached hydrogen (secondary N) is 1. The quantitative estimate of drug-likeness (QED) is 0.0292. The van der Waals surface area contributed by atoms with Gasteiger partial charge in [-0.2, -0.15) is 0 Å². The number of rotatable bonds is 31. The highest BCUT2D eigenvalue weighted by Gasteiger charge is 2.27. The number of unbranched alkanes of at least 4 members (excludes halogenated alkanes) is 10. The van der Waals surface area contributed by atoms with E-state index < -0.39 is 20.0 Å². The number of carbonyl (C=O) groups excluding carboxylic acids is 1. The molecule has 0 saturated carbocycles. The van der Waals surface area contributed by atoms with Gasteiger partial charge in [0.2, 0.25) is 5.91 Å². The molecule has 47 heavy (non-hydrogen) atoms. The molecule has 0 rings (SSSR count). The van der Waals surface area contributed by atoms with Crippen LogP contribution in [0.5, 0.6) is 0 Å². The molecule has 0 fully saturated rings. The topological polar surface area (TPSA) is 105 Å². The Bertz CT molecular complexity index is 954. The molecule has 0 aromatic rings. The van der Waals surface area contributed by atoms with Gasteiger partial charge >= 0.3 is 7.82 Å². The standard InChI is InChI=1S/C38H69N2O6P/c1-6-8-10-12-14-16-18-19-20-22-24-26-28-30-32-38(42)39-36(35-46-47(43,44)45-34-33-40(3,4)5)37(41)31-29-27-25-23-21-17-15-13-11-9-7-2/h11-14,18-19,21,23,29,31,36-37,41H,6-10,15-17,20,22,24-28,30,32-35H2,1-5H3,(H-,39,42,43,44)/p+1/b13-11+,14-12-,19-18-,23-21+,31-29+. The Morgan fingerprint density at radius 3 is 1.89 bits per heavy atom. The van der Waals surface area contributed by atoms with Gasteiger partial charge in [-0.25, -0.2) is 4.57 Å². The van der Waals surface area contributed by atoms with Crippen LogP contribution in [0, 0.1) is 0 Å². The number of nitrogens with zero attached hydrogens (tertiary/aromatic N) is 1. The van der Waals surface area contributed by atoms with E-state index in [0.717, 1.165) is 77.0 Å². The summed E-state index contributed by atoms with van der Waals surface area (Å²) in [5, 5.41) is 13.7. The van der Waals surface area contributed by atoms with Crippen molar-refractivity contribution in [2.24, 2.45) is 0 Å². The lowest BCUT2D eigenvalue weighted by Gasteiger charge is -2.25. The highest BCUT2D eigenvalue weighted by molar-refractivity contribution is 7.47. The Morgan fingerprint density at radius 2 is 1.28 bits per heavy atom. The number of phosphoric acid groups is 1. The Kier molecular flexibility index (Phi) is 29.1. The molecule has 0 radical (unpaired) electrons. The summed E-state index contributed by atoms with van der Waals surface area (Å²) < 4.78 is 23.4. The van der Waals surface area contributed by atoms with Crippen LogP contribution in [-0.4, -0.2) is 73.4 Å². The van der Waals surface area contributed by atoms with Crippen LogP contribution < -0.4 is 5.32 Å². The first-order chi connectivity index (χ1) is 22.5. The Balaban J connectivity index is 4.66. The van der Waals surface area contributed by atoms with Gasteiger partial charge in [0.1, 0.15) is 13.2 Å². The third kappa shape index (κ3) is 32.5. The van der Waals surface area contributed by atoms with Crippen LogP contribution in [0.3, 0.4) is 0 Å². The first-order valence-corrected chi connectivity index (χ1v) is 19.7. The highest BCUT2D eigenvalue weighted by Crippen LogP contribution is 2.43. The Morgan fingerprint density at radius 1 is 0.723 bits per heavy atom. The zero-order chi connectivity index (χ0) is 35.1. The van der Waals surface area contributed by atoms with Crippen LogP contribution in [-0.2, 0) is 18.4 Å². The average molecular weight is 682 g/mol. The molecule has 3 N–H and O–H groups in total. The maximum absolute atomic E-state index is 12.7. The maximum Gasteiger partial charge on any atom is 0.472 e. The molecule has 0 aromatic heterocycles. The predicted octanol–water partition coefficient (Wildman–Crippen LogP) is 9.12. The van der Waals surface area contributed by atoms with E-state index in [0.29, 0.717) is 17.4 Å². The number of hydrogen-bond donors (Lipinski definition) is 3. The third-order valence-corrected chi connectivity index (χ3v) is 8.40. The smallest absolute Gasteiger partial charge is 0.387 e. The van der Waals surface area contributed by atoms with Crippen molar-refractivity contribution in [3.8, 4) is 0 Å². The van der Waals surface area contributed by atoms with E-state index in [2.05, 4.69) is 67.8 Å². The van der Waals surface area contributed by atoms with Crippen LogP contribution in [0.15, 0.2) is 60.8 Å². The molecule has 9 heteroatoms. The van der Waals surface area contributed by atoms with Gasteiger partial charge in [0.25, 0.3) is 0 Å². The molecule has 0 aliphatic heterocycles. The van der Waals surface area contributed by atoms with Crippen molar-refractivity contribution in [1.29, 1.82) is 0 Å². The number of hydrogen-bond acceptors (Lipinski definition) is 5. The molecule has 0 aliphatic rings. The van der Waals surface area contributed by atoms with Crippen LogP contribution >= 0.6 is 7.82 Å². The largest absolute Gasteiger partial charge is 0.472 e. The molecule has 3 unspecified atom stereocenters. The van der Waals surface area contributed by atoms with E-state index in [1.54, 1.807) is 6.08 Å². The first kappa shape index (κ1) is 45.2. The molecular weight excluding hydrogens is 611 g/mol. The molecule has 0 saturated heterocycles. The summed E-state index contributed by atoms with van der Waals surface area (Å²) in [7, 11) is 1.52. The molecule has 0 spiro atoms. The number of allylic oxidation sites excluding steroid dienone is 9. The fourth-order valence-electron chi connectivity index (χ4n) is 4.45. The molecule has 0 heterocycles. The summed E-state index contributed by atoms with van der Waals surface area (Å²) in [6.07, 6.45) is 37.2. The van der Waals surface area contributed by atoms with Gasteiger partial charge in [0, 0.05) is 6.42 Å². The second kappa shape index (κ2) is 30.3. The van der Waals surface area contributed by atoms with Crippen molar-refractivity contribution < 1.29 is 32.9 Å². The van der Waals surface area contributed by atoms with E-state index >= 15 is 0 Å². The minimum atomic E-state index is -4.34. The number of quaternary nitrogens is 1. The van der Waals surface area contributed by atoms with Crippen molar-refractivity contribution in [2.45, 2.75) is 135 Å². The van der Waals surface area contributed by atoms with E-state index in [4.69, 9.17) is 9.05 Å². The summed E-state index contributed by atoms with van der Waals surface area (Å²) in [6, 6.07) is -0.875. The van der Waals surface area contributed by atoms with Gasteiger partial charge < -0.3 is 19.8 Å². The third-order valence-electron chi connectivity index (χ3n) is 7.42. The molecule has 3 atom stereocenters. The number of aliphatic hydroxyl groups excluding tert-OH is 1. The highest BCUT2D eigenvalue weighted by atomic mass is 31.2. The van der Waals surface area contributed by atoms with Gasteiger partial charge in [0.15, 0.2) is 0 Å². The summed E-state index contributed by atoms with van der Waals surface area (Å²) >= 11 is 0. The number of aliphatic hydroxyl groups is 1. The minimum Gasteiger partial charge on any atom is -0.387 e. The summed E-state index contributed by atoms with van der Waals surface area (Å²) in [6.45, 7) is 4.61. The van der Waals surface area contributed by atoms with E-state index in [1.165, 1.54) is 25.7 Å². The summed E-state index contributed by atoms with van der Waals surface area (Å²) in [4.78, 5) is 22.9. The van der Waals surface area contributed by atoms with Crippen LogP contribution in [0.4, 0.5) is 0 Å². The number of amides is 1. The lowest BCUT2D eigenvalue weighted by molar-refractivity contribution is -0.870. The first-order valence-electron chi connectivity index (χ1n) is 18.2. The van der Waals surface area contributed by atoms with Crippen molar-refractivity contribution in [2.75, 3.05) is 40.9 Å². The summed E-state index contributed by atoms with van der Waals surface area (Å²) in [5.74, 6) is -0.212. The maximum atomic E-state index is 12.7. The van der Waals surface area contributed by atoms with Crippen molar-refractivity contribution in [1.82, 2.24) is 5.32 Å². The van der Waals surface area contributed by atoms with Gasteiger partial charge in [-0.05, 0) is 64.2 Å². The van der Waals surface area contributed by atoms with E-state index in [1.807, 2.05) is 27.2 Å². The zero-order valence-corrected chi connectivity index (χ0v) is 31.4. The lowest BCUT2D eigenvalue weighted by Crippen LogP contribution is -2.45. The summed E-state index contributed by atoms with van der Waals surface area (Å²) in [5.41, 5.74) is 0. The molecule has 0 aliphatic carbocycles. The lowest BCUT2D eigenvalue weighted by atomic mass is 10.1. The van der Waals surface area contributed by atoms with Crippen molar-refractivity contribution >= 4 is 13.7 Å². The SMILES string of the molecule is CCC/C=C/CC/C=C/CC/C=C/C(O)C(COP(=O)(O)OCC[N+](C)(C)C)NC(=O)CCCCCCC/C=C\C/C=C\CCCC. The Hall–Kier alpha value is -1.80. The molecule has 8 nitrogen and oxygen atoms in total. The normalized spacial score (nSPS) is 15.5. The molecule has 0 aromatic carbocycles. The molecule has 272 valence electrons. The fraction of sp³-hybridized carbons (Fsp3) is 0.711. The number of likely N-dealkylation sites (N-methyl/N-ethyl adjacent to an activating group) is 1. The Labute approximate surface area is 288 Å². The van der Waals surface area contributed by atoms with Gasteiger partial charge in [-0.15, -0.1) is 0 Å². The second-order valence-corrected chi connectivity index (χ2v) is 14.7. The fourth-order valence-corrected chi connectivity index (χ4v) is 5.18. The van der Waals surface area contributed by atoms with Gasteiger partial charge in [-0.3, -0.25) is 13.8 Å². The number of carbonyl (C=O) groups is 1. The van der Waals surface area contributed by atoms with E-state index in [9.17, 15) is 19.4 Å². The van der Waals surface area contributed by atoms with Crippen molar-refractivity contribution in [3.63, 3.8) is 0 Å².